The smallest absolute Gasteiger partial charge is 0.359 e. The second-order valence-electron chi connectivity index (χ2n) is 4.47. The molecule has 1 aromatic rings. The molecule has 2 N–H and O–H groups in total. The number of carbonyl (C=O) groups is 2. The quantitative estimate of drug-likeness (QED) is 0.788. The molecule has 0 aliphatic rings. The van der Waals surface area contributed by atoms with Gasteiger partial charge in [0, 0.05) is 21.1 Å². The number of ether oxygens (including phenoxy) is 1. The average Bonchev–Trinajstić information content (AvgIpc) is 2.62. The molecule has 1 atom stereocenters. The fourth-order valence-corrected chi connectivity index (χ4v) is 1.73. The van der Waals surface area contributed by atoms with E-state index in [1.165, 1.54) is 16.5 Å². The van der Waals surface area contributed by atoms with Crippen LogP contribution in [-0.2, 0) is 23.0 Å². The van der Waals surface area contributed by atoms with Gasteiger partial charge in [0.25, 0.3) is 5.91 Å². The summed E-state index contributed by atoms with van der Waals surface area (Å²) in [6.45, 7) is 3.42. The number of esters is 1. The van der Waals surface area contributed by atoms with Gasteiger partial charge in [-0.3, -0.25) is 9.48 Å². The van der Waals surface area contributed by atoms with Crippen molar-refractivity contribution in [2.45, 2.75) is 26.4 Å². The molecule has 106 valence electrons. The van der Waals surface area contributed by atoms with Gasteiger partial charge in [0.1, 0.15) is 0 Å². The molecule has 1 aromatic heterocycles. The van der Waals surface area contributed by atoms with Crippen molar-refractivity contribution < 1.29 is 14.3 Å². The van der Waals surface area contributed by atoms with Crippen LogP contribution in [-0.4, -0.2) is 46.8 Å². The van der Waals surface area contributed by atoms with E-state index in [-0.39, 0.29) is 11.6 Å². The molecular formula is C12H20N4O3. The van der Waals surface area contributed by atoms with Gasteiger partial charge in [-0.1, -0.05) is 6.92 Å². The number of hydrogen-bond donors (Lipinski definition) is 1. The van der Waals surface area contributed by atoms with Crippen molar-refractivity contribution in [2.24, 2.45) is 7.05 Å². The number of nitrogens with two attached hydrogens (primary N) is 1. The highest BCUT2D eigenvalue weighted by atomic mass is 16.5. The molecule has 0 saturated heterocycles. The number of carbonyl (C=O) groups excluding carboxylic acids is 2. The SMILES string of the molecule is CCc1nn(C)c(C(=O)OC(C)C(=O)N(C)C)c1N. The summed E-state index contributed by atoms with van der Waals surface area (Å²) in [4.78, 5) is 25.0. The van der Waals surface area contributed by atoms with E-state index in [0.29, 0.717) is 17.8 Å². The summed E-state index contributed by atoms with van der Waals surface area (Å²) < 4.78 is 6.49. The van der Waals surface area contributed by atoms with Crippen molar-refractivity contribution in [3.63, 3.8) is 0 Å². The Labute approximate surface area is 112 Å². The highest BCUT2D eigenvalue weighted by molar-refractivity contribution is 5.95. The number of nitrogen functional groups attached to an aromatic ring is 1. The summed E-state index contributed by atoms with van der Waals surface area (Å²) in [6, 6.07) is 0. The predicted molar refractivity (Wildman–Crippen MR) is 70.6 cm³/mol. The second-order valence-corrected chi connectivity index (χ2v) is 4.47. The molecule has 0 bridgehead atoms. The van der Waals surface area contributed by atoms with Gasteiger partial charge in [0.15, 0.2) is 11.8 Å². The van der Waals surface area contributed by atoms with Crippen molar-refractivity contribution in [2.75, 3.05) is 19.8 Å². The van der Waals surface area contributed by atoms with E-state index in [1.807, 2.05) is 6.92 Å². The first-order chi connectivity index (χ1) is 8.79. The molecule has 0 saturated carbocycles. The first-order valence-electron chi connectivity index (χ1n) is 6.03. The lowest BCUT2D eigenvalue weighted by molar-refractivity contribution is -0.137. The van der Waals surface area contributed by atoms with Crippen molar-refractivity contribution in [1.29, 1.82) is 0 Å². The van der Waals surface area contributed by atoms with Crippen LogP contribution in [0.5, 0.6) is 0 Å². The van der Waals surface area contributed by atoms with Gasteiger partial charge in [0.05, 0.1) is 11.4 Å². The molecule has 0 spiro atoms. The maximum atomic E-state index is 12.0. The van der Waals surface area contributed by atoms with E-state index in [4.69, 9.17) is 10.5 Å². The van der Waals surface area contributed by atoms with Gasteiger partial charge in [-0.25, -0.2) is 4.79 Å². The van der Waals surface area contributed by atoms with Crippen LogP contribution in [0.3, 0.4) is 0 Å². The number of rotatable bonds is 4. The number of amides is 1. The van der Waals surface area contributed by atoms with E-state index in [2.05, 4.69) is 5.10 Å². The maximum absolute atomic E-state index is 12.0. The van der Waals surface area contributed by atoms with Gasteiger partial charge in [0.2, 0.25) is 0 Å². The number of likely N-dealkylation sites (N-methyl/N-ethyl adjacent to an activating group) is 1. The Hall–Kier alpha value is -2.05. The summed E-state index contributed by atoms with van der Waals surface area (Å²) in [5.41, 5.74) is 6.97. The zero-order valence-corrected chi connectivity index (χ0v) is 11.9. The number of aromatic nitrogens is 2. The van der Waals surface area contributed by atoms with Crippen LogP contribution in [0.25, 0.3) is 0 Å². The normalized spacial score (nSPS) is 12.1. The van der Waals surface area contributed by atoms with Crippen LogP contribution < -0.4 is 5.73 Å². The van der Waals surface area contributed by atoms with Crippen molar-refractivity contribution in [1.82, 2.24) is 14.7 Å². The third-order valence-electron chi connectivity index (χ3n) is 2.76. The summed E-state index contributed by atoms with van der Waals surface area (Å²) in [5.74, 6) is -0.931. The summed E-state index contributed by atoms with van der Waals surface area (Å²) >= 11 is 0. The van der Waals surface area contributed by atoms with Gasteiger partial charge >= 0.3 is 5.97 Å². The minimum atomic E-state index is -0.859. The second kappa shape index (κ2) is 5.73. The van der Waals surface area contributed by atoms with E-state index in [1.54, 1.807) is 21.1 Å². The molecule has 1 unspecified atom stereocenters. The fourth-order valence-electron chi connectivity index (χ4n) is 1.73. The molecule has 0 aliphatic carbocycles. The topological polar surface area (TPSA) is 90.5 Å². The number of anilines is 1. The highest BCUT2D eigenvalue weighted by Crippen LogP contribution is 2.18. The molecule has 0 aliphatic heterocycles. The number of aryl methyl sites for hydroxylation is 2. The molecule has 0 radical (unpaired) electrons. The molecule has 19 heavy (non-hydrogen) atoms. The van der Waals surface area contributed by atoms with Crippen LogP contribution in [0.4, 0.5) is 5.69 Å². The summed E-state index contributed by atoms with van der Waals surface area (Å²) in [5, 5.41) is 4.13. The first-order valence-corrected chi connectivity index (χ1v) is 6.03. The van der Waals surface area contributed by atoms with E-state index < -0.39 is 12.1 Å². The predicted octanol–water partition coefficient (Wildman–Crippen LogP) is 0.198. The Balaban J connectivity index is 2.90. The minimum absolute atomic E-state index is 0.176. The Morgan fingerprint density at radius 3 is 2.47 bits per heavy atom. The lowest BCUT2D eigenvalue weighted by Gasteiger charge is -2.17. The molecular weight excluding hydrogens is 248 g/mol. The standard InChI is InChI=1S/C12H20N4O3/c1-6-8-9(13)10(16(5)14-8)12(18)19-7(2)11(17)15(3)4/h7H,6,13H2,1-5H3. The maximum Gasteiger partial charge on any atom is 0.359 e. The van der Waals surface area contributed by atoms with Crippen LogP contribution >= 0.6 is 0 Å². The monoisotopic (exact) mass is 268 g/mol. The van der Waals surface area contributed by atoms with Crippen molar-refractivity contribution in [3.8, 4) is 0 Å². The van der Waals surface area contributed by atoms with Crippen LogP contribution in [0, 0.1) is 0 Å². The highest BCUT2D eigenvalue weighted by Gasteiger charge is 2.25. The Kier molecular flexibility index (Phi) is 4.52. The van der Waals surface area contributed by atoms with Crippen LogP contribution in [0.1, 0.15) is 30.0 Å². The fraction of sp³-hybridized carbons (Fsp3) is 0.583. The average molecular weight is 268 g/mol. The van der Waals surface area contributed by atoms with Crippen molar-refractivity contribution >= 4 is 17.6 Å². The largest absolute Gasteiger partial charge is 0.448 e. The molecule has 0 fully saturated rings. The first kappa shape index (κ1) is 15.0. The third-order valence-corrected chi connectivity index (χ3v) is 2.76. The minimum Gasteiger partial charge on any atom is -0.448 e. The zero-order valence-electron chi connectivity index (χ0n) is 11.9. The Morgan fingerprint density at radius 2 is 2.05 bits per heavy atom. The van der Waals surface area contributed by atoms with Gasteiger partial charge in [-0.2, -0.15) is 5.10 Å². The Morgan fingerprint density at radius 1 is 1.47 bits per heavy atom. The Bertz CT molecular complexity index is 493. The number of hydrogen-bond acceptors (Lipinski definition) is 5. The third kappa shape index (κ3) is 3.04. The van der Waals surface area contributed by atoms with E-state index in [9.17, 15) is 9.59 Å². The summed E-state index contributed by atoms with van der Waals surface area (Å²) in [6.07, 6.45) is -0.235. The lowest BCUT2D eigenvalue weighted by Crippen LogP contribution is -2.35. The van der Waals surface area contributed by atoms with Gasteiger partial charge < -0.3 is 15.4 Å². The van der Waals surface area contributed by atoms with Gasteiger partial charge in [-0.05, 0) is 13.3 Å². The van der Waals surface area contributed by atoms with E-state index in [0.717, 1.165) is 0 Å². The van der Waals surface area contributed by atoms with Crippen LogP contribution in [0.2, 0.25) is 0 Å². The summed E-state index contributed by atoms with van der Waals surface area (Å²) in [7, 11) is 4.81. The molecule has 7 heteroatoms. The molecule has 7 nitrogen and oxygen atoms in total. The van der Waals surface area contributed by atoms with Crippen LogP contribution in [0.15, 0.2) is 0 Å². The van der Waals surface area contributed by atoms with Crippen molar-refractivity contribution in [3.05, 3.63) is 11.4 Å². The lowest BCUT2D eigenvalue weighted by atomic mass is 10.2. The number of nitrogens with zero attached hydrogens (tertiary/aromatic N) is 3. The van der Waals surface area contributed by atoms with E-state index >= 15 is 0 Å². The molecule has 1 heterocycles. The molecule has 1 amide bonds. The molecule has 1 rings (SSSR count). The zero-order chi connectivity index (χ0) is 14.7. The van der Waals surface area contributed by atoms with Gasteiger partial charge in [-0.15, -0.1) is 0 Å². The molecule has 0 aromatic carbocycles.